The highest BCUT2D eigenvalue weighted by Crippen LogP contribution is 2.19. The Labute approximate surface area is 144 Å². The Bertz CT molecular complexity index is 531. The van der Waals surface area contributed by atoms with Gasteiger partial charge in [-0.3, -0.25) is 9.69 Å². The summed E-state index contributed by atoms with van der Waals surface area (Å²) in [4.78, 5) is 30.1. The number of nitrogens with zero attached hydrogens (tertiary/aromatic N) is 3. The topological polar surface area (TPSA) is 55.9 Å². The minimum atomic E-state index is -0.0977. The summed E-state index contributed by atoms with van der Waals surface area (Å²) in [6.45, 7) is 9.31. The molecule has 1 saturated heterocycles. The molecule has 1 fully saturated rings. The zero-order valence-electron chi connectivity index (χ0n) is 14.7. The van der Waals surface area contributed by atoms with Crippen molar-refractivity contribution in [3.8, 4) is 0 Å². The van der Waals surface area contributed by atoms with E-state index in [4.69, 9.17) is 0 Å². The van der Waals surface area contributed by atoms with Crippen LogP contribution in [0.2, 0.25) is 0 Å². The van der Waals surface area contributed by atoms with Crippen LogP contribution in [0.3, 0.4) is 0 Å². The number of anilines is 1. The number of hydrogen-bond acceptors (Lipinski definition) is 3. The Morgan fingerprint density at radius 3 is 2.54 bits per heavy atom. The first-order chi connectivity index (χ1) is 11.7. The fourth-order valence-electron chi connectivity index (χ4n) is 2.88. The van der Waals surface area contributed by atoms with E-state index >= 15 is 0 Å². The number of hydrogen-bond donors (Lipinski definition) is 1. The Balaban J connectivity index is 1.72. The molecule has 1 aromatic rings. The summed E-state index contributed by atoms with van der Waals surface area (Å²) in [5.74, 6) is -0.0854. The highest BCUT2D eigenvalue weighted by molar-refractivity contribution is 5.96. The summed E-state index contributed by atoms with van der Waals surface area (Å²) >= 11 is 0. The molecule has 0 unspecified atom stereocenters. The Morgan fingerprint density at radius 2 is 1.88 bits per heavy atom. The van der Waals surface area contributed by atoms with Crippen LogP contribution in [0.1, 0.15) is 20.3 Å². The Kier molecular flexibility index (Phi) is 7.06. The predicted molar refractivity (Wildman–Crippen MR) is 96.2 cm³/mol. The van der Waals surface area contributed by atoms with Crippen LogP contribution >= 0.6 is 0 Å². The zero-order valence-corrected chi connectivity index (χ0v) is 14.7. The number of para-hydroxylation sites is 1. The van der Waals surface area contributed by atoms with E-state index in [1.54, 1.807) is 9.80 Å². The van der Waals surface area contributed by atoms with Crippen molar-refractivity contribution in [3.63, 3.8) is 0 Å². The average Bonchev–Trinajstić information content (AvgIpc) is 2.96. The van der Waals surface area contributed by atoms with E-state index in [9.17, 15) is 9.59 Å². The largest absolute Gasteiger partial charge is 0.355 e. The monoisotopic (exact) mass is 332 g/mol. The molecule has 0 spiro atoms. The highest BCUT2D eigenvalue weighted by atomic mass is 16.2. The smallest absolute Gasteiger partial charge is 0.325 e. The van der Waals surface area contributed by atoms with Gasteiger partial charge in [-0.25, -0.2) is 4.79 Å². The summed E-state index contributed by atoms with van der Waals surface area (Å²) in [5.41, 5.74) is 0.879. The van der Waals surface area contributed by atoms with Crippen LogP contribution < -0.4 is 10.2 Å². The zero-order chi connectivity index (χ0) is 17.4. The molecule has 3 amide bonds. The van der Waals surface area contributed by atoms with Gasteiger partial charge in [0, 0.05) is 25.3 Å². The molecule has 1 aliphatic heterocycles. The van der Waals surface area contributed by atoms with Crippen molar-refractivity contribution in [2.24, 2.45) is 0 Å². The van der Waals surface area contributed by atoms with Gasteiger partial charge in [-0.05, 0) is 38.2 Å². The van der Waals surface area contributed by atoms with Crippen molar-refractivity contribution < 1.29 is 9.59 Å². The van der Waals surface area contributed by atoms with Crippen molar-refractivity contribution >= 4 is 17.6 Å². The number of rotatable bonds is 9. The normalized spacial score (nSPS) is 14.5. The molecule has 1 heterocycles. The molecule has 132 valence electrons. The molecule has 0 aromatic heterocycles. The third-order valence-corrected chi connectivity index (χ3v) is 4.36. The van der Waals surface area contributed by atoms with E-state index in [-0.39, 0.29) is 18.5 Å². The van der Waals surface area contributed by atoms with Crippen molar-refractivity contribution in [2.45, 2.75) is 20.3 Å². The molecule has 0 saturated carbocycles. The molecule has 1 aliphatic rings. The molecule has 2 rings (SSSR count). The molecule has 0 atom stereocenters. The fourth-order valence-corrected chi connectivity index (χ4v) is 2.88. The lowest BCUT2D eigenvalue weighted by Gasteiger charge is -2.19. The minimum absolute atomic E-state index is 0.0854. The summed E-state index contributed by atoms with van der Waals surface area (Å²) in [5, 5.41) is 2.91. The number of amides is 3. The molecule has 24 heavy (non-hydrogen) atoms. The van der Waals surface area contributed by atoms with Crippen LogP contribution in [-0.2, 0) is 4.79 Å². The first-order valence-corrected chi connectivity index (χ1v) is 8.76. The van der Waals surface area contributed by atoms with Crippen molar-refractivity contribution in [3.05, 3.63) is 30.3 Å². The van der Waals surface area contributed by atoms with Crippen LogP contribution in [-0.4, -0.2) is 67.6 Å². The molecular formula is C18H28N4O2. The fraction of sp³-hybridized carbons (Fsp3) is 0.556. The standard InChI is InChI=1S/C18H28N4O2/c1-3-20(4-2)12-8-11-19-17(23)15-21-13-14-22(18(21)24)16-9-6-5-7-10-16/h5-7,9-10H,3-4,8,11-15H2,1-2H3,(H,19,23). The summed E-state index contributed by atoms with van der Waals surface area (Å²) < 4.78 is 0. The molecule has 0 bridgehead atoms. The minimum Gasteiger partial charge on any atom is -0.355 e. The van der Waals surface area contributed by atoms with E-state index in [2.05, 4.69) is 24.1 Å². The summed E-state index contributed by atoms with van der Waals surface area (Å²) in [7, 11) is 0. The lowest BCUT2D eigenvalue weighted by Crippen LogP contribution is -2.40. The number of benzene rings is 1. The van der Waals surface area contributed by atoms with E-state index in [0.717, 1.165) is 31.7 Å². The van der Waals surface area contributed by atoms with E-state index in [0.29, 0.717) is 19.6 Å². The van der Waals surface area contributed by atoms with Crippen molar-refractivity contribution in [1.29, 1.82) is 0 Å². The number of nitrogens with one attached hydrogen (secondary N) is 1. The second-order valence-electron chi connectivity index (χ2n) is 5.92. The molecular weight excluding hydrogens is 304 g/mol. The van der Waals surface area contributed by atoms with Gasteiger partial charge in [-0.15, -0.1) is 0 Å². The van der Waals surface area contributed by atoms with Gasteiger partial charge in [0.1, 0.15) is 6.54 Å². The summed E-state index contributed by atoms with van der Waals surface area (Å²) in [6.07, 6.45) is 0.928. The van der Waals surface area contributed by atoms with Gasteiger partial charge in [0.15, 0.2) is 0 Å². The van der Waals surface area contributed by atoms with Crippen molar-refractivity contribution in [1.82, 2.24) is 15.1 Å². The van der Waals surface area contributed by atoms with Crippen molar-refractivity contribution in [2.75, 3.05) is 50.7 Å². The molecule has 1 N–H and O–H groups in total. The van der Waals surface area contributed by atoms with Gasteiger partial charge in [0.2, 0.25) is 5.91 Å². The molecule has 1 aromatic carbocycles. The average molecular weight is 332 g/mol. The van der Waals surface area contributed by atoms with Crippen LogP contribution in [0.25, 0.3) is 0 Å². The van der Waals surface area contributed by atoms with Gasteiger partial charge in [-0.2, -0.15) is 0 Å². The van der Waals surface area contributed by atoms with Crippen LogP contribution in [0.15, 0.2) is 30.3 Å². The second-order valence-corrected chi connectivity index (χ2v) is 5.92. The lowest BCUT2D eigenvalue weighted by atomic mass is 10.3. The third kappa shape index (κ3) is 4.96. The highest BCUT2D eigenvalue weighted by Gasteiger charge is 2.30. The number of carbonyl (C=O) groups excluding carboxylic acids is 2. The first-order valence-electron chi connectivity index (χ1n) is 8.76. The maximum Gasteiger partial charge on any atom is 0.325 e. The quantitative estimate of drug-likeness (QED) is 0.701. The van der Waals surface area contributed by atoms with E-state index < -0.39 is 0 Å². The summed E-state index contributed by atoms with van der Waals surface area (Å²) in [6, 6.07) is 9.47. The van der Waals surface area contributed by atoms with Crippen LogP contribution in [0.5, 0.6) is 0 Å². The molecule has 6 heteroatoms. The maximum atomic E-state index is 12.4. The van der Waals surface area contributed by atoms with Gasteiger partial charge in [0.25, 0.3) is 0 Å². The number of carbonyl (C=O) groups is 2. The van der Waals surface area contributed by atoms with E-state index in [1.165, 1.54) is 0 Å². The van der Waals surface area contributed by atoms with Gasteiger partial charge >= 0.3 is 6.03 Å². The van der Waals surface area contributed by atoms with Crippen LogP contribution in [0.4, 0.5) is 10.5 Å². The number of urea groups is 1. The van der Waals surface area contributed by atoms with Crippen LogP contribution in [0, 0.1) is 0 Å². The second kappa shape index (κ2) is 9.27. The van der Waals surface area contributed by atoms with Gasteiger partial charge < -0.3 is 15.1 Å². The molecule has 0 aliphatic carbocycles. The Morgan fingerprint density at radius 1 is 1.17 bits per heavy atom. The van der Waals surface area contributed by atoms with Gasteiger partial charge in [-0.1, -0.05) is 32.0 Å². The molecule has 6 nitrogen and oxygen atoms in total. The predicted octanol–water partition coefficient (Wildman–Crippen LogP) is 1.78. The van der Waals surface area contributed by atoms with Gasteiger partial charge in [0.05, 0.1) is 0 Å². The lowest BCUT2D eigenvalue weighted by molar-refractivity contribution is -0.121. The third-order valence-electron chi connectivity index (χ3n) is 4.36. The molecule has 0 radical (unpaired) electrons. The first kappa shape index (κ1) is 18.3. The van der Waals surface area contributed by atoms with E-state index in [1.807, 2.05) is 30.3 Å². The SMILES string of the molecule is CCN(CC)CCCNC(=O)CN1CCN(c2ccccc2)C1=O. The Hall–Kier alpha value is -2.08. The maximum absolute atomic E-state index is 12.4.